The quantitative estimate of drug-likeness (QED) is 0.827. The van der Waals surface area contributed by atoms with Crippen molar-refractivity contribution in [3.05, 3.63) is 60.2 Å². The first kappa shape index (κ1) is 12.8. The van der Waals surface area contributed by atoms with Gasteiger partial charge in [0.15, 0.2) is 5.78 Å². The first-order valence-electron chi connectivity index (χ1n) is 6.23. The molecule has 0 aliphatic heterocycles. The normalized spacial score (nSPS) is 26.6. The summed E-state index contributed by atoms with van der Waals surface area (Å²) in [6.07, 6.45) is 7.13. The molecule has 2 unspecified atom stereocenters. The van der Waals surface area contributed by atoms with Gasteiger partial charge < -0.3 is 5.11 Å². The van der Waals surface area contributed by atoms with E-state index in [2.05, 4.69) is 0 Å². The van der Waals surface area contributed by atoms with E-state index in [4.69, 9.17) is 0 Å². The lowest BCUT2D eigenvalue weighted by Gasteiger charge is -2.36. The molecule has 0 radical (unpaired) electrons. The summed E-state index contributed by atoms with van der Waals surface area (Å²) in [5.41, 5.74) is -0.455. The van der Waals surface area contributed by atoms with E-state index in [-0.39, 0.29) is 11.7 Å². The lowest BCUT2D eigenvalue weighted by molar-refractivity contribution is 0.00670. The zero-order chi connectivity index (χ0) is 13.2. The topological polar surface area (TPSA) is 37.3 Å². The Balaban J connectivity index is 2.35. The standard InChI is InChI=1S/C16H18O2/c1-12(2)16(18)11-7-6-10-14(16)15(17)13-8-4-3-5-9-13/h3-12,14,18H,1-2H3. The van der Waals surface area contributed by atoms with Crippen LogP contribution in [-0.4, -0.2) is 16.5 Å². The van der Waals surface area contributed by atoms with Gasteiger partial charge in [0, 0.05) is 5.56 Å². The van der Waals surface area contributed by atoms with Gasteiger partial charge in [0.05, 0.1) is 11.5 Å². The van der Waals surface area contributed by atoms with E-state index in [1.54, 1.807) is 30.4 Å². The van der Waals surface area contributed by atoms with Crippen LogP contribution in [0, 0.1) is 11.8 Å². The highest BCUT2D eigenvalue weighted by Gasteiger charge is 2.41. The Morgan fingerprint density at radius 1 is 1.22 bits per heavy atom. The molecule has 2 rings (SSSR count). The lowest BCUT2D eigenvalue weighted by Crippen LogP contribution is -2.45. The fourth-order valence-corrected chi connectivity index (χ4v) is 2.27. The van der Waals surface area contributed by atoms with Crippen molar-refractivity contribution in [1.29, 1.82) is 0 Å². The van der Waals surface area contributed by atoms with Crippen molar-refractivity contribution in [2.24, 2.45) is 11.8 Å². The molecule has 0 spiro atoms. The molecule has 0 saturated carbocycles. The third kappa shape index (κ3) is 2.16. The molecular weight excluding hydrogens is 224 g/mol. The first-order chi connectivity index (χ1) is 8.55. The Morgan fingerprint density at radius 2 is 1.89 bits per heavy atom. The van der Waals surface area contributed by atoms with Gasteiger partial charge in [-0.05, 0) is 5.92 Å². The number of hydrogen-bond donors (Lipinski definition) is 1. The lowest BCUT2D eigenvalue weighted by atomic mass is 9.73. The predicted molar refractivity (Wildman–Crippen MR) is 72.3 cm³/mol. The Morgan fingerprint density at radius 3 is 2.50 bits per heavy atom. The summed E-state index contributed by atoms with van der Waals surface area (Å²) in [7, 11) is 0. The van der Waals surface area contributed by atoms with Crippen LogP contribution in [0.2, 0.25) is 0 Å². The third-order valence-electron chi connectivity index (χ3n) is 3.54. The van der Waals surface area contributed by atoms with E-state index in [9.17, 15) is 9.90 Å². The van der Waals surface area contributed by atoms with Crippen LogP contribution in [0.1, 0.15) is 24.2 Å². The van der Waals surface area contributed by atoms with Crippen LogP contribution in [0.25, 0.3) is 0 Å². The van der Waals surface area contributed by atoms with Crippen molar-refractivity contribution in [2.45, 2.75) is 19.4 Å². The summed E-state index contributed by atoms with van der Waals surface area (Å²) in [6.45, 7) is 3.85. The van der Waals surface area contributed by atoms with Crippen LogP contribution in [0.15, 0.2) is 54.6 Å². The van der Waals surface area contributed by atoms with Gasteiger partial charge in [-0.25, -0.2) is 0 Å². The van der Waals surface area contributed by atoms with Crippen LogP contribution in [0.4, 0.5) is 0 Å². The minimum absolute atomic E-state index is 0.0173. The molecule has 2 heteroatoms. The van der Waals surface area contributed by atoms with E-state index in [1.807, 2.05) is 38.1 Å². The van der Waals surface area contributed by atoms with Crippen LogP contribution < -0.4 is 0 Å². The average molecular weight is 242 g/mol. The molecule has 1 aliphatic carbocycles. The van der Waals surface area contributed by atoms with E-state index in [1.165, 1.54) is 0 Å². The molecule has 0 amide bonds. The van der Waals surface area contributed by atoms with Crippen LogP contribution in [0.3, 0.4) is 0 Å². The van der Waals surface area contributed by atoms with Crippen molar-refractivity contribution in [3.63, 3.8) is 0 Å². The van der Waals surface area contributed by atoms with Crippen LogP contribution >= 0.6 is 0 Å². The van der Waals surface area contributed by atoms with Gasteiger partial charge >= 0.3 is 0 Å². The molecule has 0 heterocycles. The molecule has 0 fully saturated rings. The highest BCUT2D eigenvalue weighted by Crippen LogP contribution is 2.33. The van der Waals surface area contributed by atoms with Crippen LogP contribution in [0.5, 0.6) is 0 Å². The Labute approximate surface area is 108 Å². The number of ketones is 1. The fraction of sp³-hybridized carbons (Fsp3) is 0.312. The highest BCUT2D eigenvalue weighted by molar-refractivity contribution is 6.00. The zero-order valence-electron chi connectivity index (χ0n) is 10.7. The summed E-state index contributed by atoms with van der Waals surface area (Å²) in [5, 5.41) is 10.7. The summed E-state index contributed by atoms with van der Waals surface area (Å²) in [6, 6.07) is 9.13. The number of Topliss-reactive ketones (excluding diaryl/α,β-unsaturated/α-hetero) is 1. The number of carbonyl (C=O) groups is 1. The molecule has 94 valence electrons. The summed E-state index contributed by atoms with van der Waals surface area (Å²) in [5.74, 6) is -0.561. The molecule has 1 aromatic rings. The number of hydrogen-bond acceptors (Lipinski definition) is 2. The second-order valence-corrected chi connectivity index (χ2v) is 4.99. The smallest absolute Gasteiger partial charge is 0.172 e. The molecule has 1 aliphatic rings. The third-order valence-corrected chi connectivity index (χ3v) is 3.54. The van der Waals surface area contributed by atoms with Crippen molar-refractivity contribution in [1.82, 2.24) is 0 Å². The minimum atomic E-state index is -1.10. The number of rotatable bonds is 3. The molecule has 2 atom stereocenters. The molecule has 18 heavy (non-hydrogen) atoms. The van der Waals surface area contributed by atoms with Gasteiger partial charge in [0.2, 0.25) is 0 Å². The molecule has 0 saturated heterocycles. The monoisotopic (exact) mass is 242 g/mol. The SMILES string of the molecule is CC(C)C1(O)C=CC=CC1C(=O)c1ccccc1. The van der Waals surface area contributed by atoms with Gasteiger partial charge in [0.1, 0.15) is 0 Å². The van der Waals surface area contributed by atoms with Crippen LogP contribution in [-0.2, 0) is 0 Å². The van der Waals surface area contributed by atoms with Crippen molar-refractivity contribution < 1.29 is 9.90 Å². The number of carbonyl (C=O) groups excluding carboxylic acids is 1. The maximum atomic E-state index is 12.5. The Kier molecular flexibility index (Phi) is 3.48. The first-order valence-corrected chi connectivity index (χ1v) is 6.23. The van der Waals surface area contributed by atoms with Gasteiger partial charge in [-0.15, -0.1) is 0 Å². The van der Waals surface area contributed by atoms with Gasteiger partial charge in [-0.3, -0.25) is 4.79 Å². The minimum Gasteiger partial charge on any atom is -0.384 e. The fourth-order valence-electron chi connectivity index (χ4n) is 2.27. The molecule has 1 aromatic carbocycles. The maximum Gasteiger partial charge on any atom is 0.172 e. The average Bonchev–Trinajstić information content (AvgIpc) is 2.39. The summed E-state index contributed by atoms with van der Waals surface area (Å²) in [4.78, 5) is 12.5. The Hall–Kier alpha value is -1.67. The number of allylic oxidation sites excluding steroid dienone is 2. The molecule has 0 aromatic heterocycles. The summed E-state index contributed by atoms with van der Waals surface area (Å²) < 4.78 is 0. The van der Waals surface area contributed by atoms with Crippen molar-refractivity contribution >= 4 is 5.78 Å². The second kappa shape index (κ2) is 4.91. The van der Waals surface area contributed by atoms with Crippen molar-refractivity contribution in [3.8, 4) is 0 Å². The maximum absolute atomic E-state index is 12.5. The van der Waals surface area contributed by atoms with E-state index >= 15 is 0 Å². The second-order valence-electron chi connectivity index (χ2n) is 4.99. The van der Waals surface area contributed by atoms with E-state index in [0.29, 0.717) is 5.56 Å². The largest absolute Gasteiger partial charge is 0.384 e. The van der Waals surface area contributed by atoms with Gasteiger partial charge in [0.25, 0.3) is 0 Å². The molecule has 0 bridgehead atoms. The molecular formula is C16H18O2. The molecule has 2 nitrogen and oxygen atoms in total. The van der Waals surface area contributed by atoms with E-state index in [0.717, 1.165) is 0 Å². The zero-order valence-corrected chi connectivity index (χ0v) is 10.7. The van der Waals surface area contributed by atoms with Gasteiger partial charge in [-0.2, -0.15) is 0 Å². The van der Waals surface area contributed by atoms with Crippen molar-refractivity contribution in [2.75, 3.05) is 0 Å². The van der Waals surface area contributed by atoms with Gasteiger partial charge in [-0.1, -0.05) is 68.5 Å². The summed E-state index contributed by atoms with van der Waals surface area (Å²) >= 11 is 0. The van der Waals surface area contributed by atoms with E-state index < -0.39 is 11.5 Å². The highest BCUT2D eigenvalue weighted by atomic mass is 16.3. The number of aliphatic hydroxyl groups is 1. The number of benzene rings is 1. The Bertz CT molecular complexity index is 485. The predicted octanol–water partition coefficient (Wildman–Crippen LogP) is 3.00. The molecule has 1 N–H and O–H groups in total.